The lowest BCUT2D eigenvalue weighted by atomic mass is 9.68. The van der Waals surface area contributed by atoms with Crippen molar-refractivity contribution in [1.29, 1.82) is 0 Å². The molecule has 0 bridgehead atoms. The molecule has 2 fully saturated rings. The third kappa shape index (κ3) is 4.22. The topological polar surface area (TPSA) is 29.5 Å². The molecule has 30 heavy (non-hydrogen) atoms. The quantitative estimate of drug-likeness (QED) is 0.478. The van der Waals surface area contributed by atoms with Gasteiger partial charge in [0.05, 0.1) is 10.6 Å². The van der Waals surface area contributed by atoms with E-state index in [0.717, 1.165) is 35.9 Å². The van der Waals surface area contributed by atoms with Gasteiger partial charge in [0, 0.05) is 10.7 Å². The average Bonchev–Trinajstić information content (AvgIpc) is 3.06. The fourth-order valence-electron chi connectivity index (χ4n) is 4.74. The van der Waals surface area contributed by atoms with Crippen LogP contribution in [-0.4, -0.2) is 16.5 Å². The molecular weight excluding hydrogens is 414 g/mol. The Balaban J connectivity index is 1.49. The van der Waals surface area contributed by atoms with E-state index in [0.29, 0.717) is 16.2 Å². The summed E-state index contributed by atoms with van der Waals surface area (Å²) in [5, 5.41) is 0.685. The number of ether oxygens (including phenoxy) is 1. The number of hydrogen-bond donors (Lipinski definition) is 0. The molecule has 160 valence electrons. The number of rotatable bonds is 5. The summed E-state index contributed by atoms with van der Waals surface area (Å²) < 4.78 is 5.91. The van der Waals surface area contributed by atoms with Crippen LogP contribution in [0.2, 0.25) is 5.02 Å². The van der Waals surface area contributed by atoms with E-state index in [-0.39, 0.29) is 10.8 Å². The average molecular weight is 444 g/mol. The van der Waals surface area contributed by atoms with E-state index in [1.807, 2.05) is 60.3 Å². The molecule has 1 saturated heterocycles. The Morgan fingerprint density at radius 2 is 1.63 bits per heavy atom. The zero-order valence-corrected chi connectivity index (χ0v) is 19.6. The first-order valence-corrected chi connectivity index (χ1v) is 12.2. The molecule has 5 heteroatoms. The summed E-state index contributed by atoms with van der Waals surface area (Å²) >= 11 is 7.78. The maximum absolute atomic E-state index is 12.9. The third-order valence-corrected chi connectivity index (χ3v) is 8.82. The Bertz CT molecular complexity index is 886. The molecule has 1 aliphatic heterocycles. The Labute approximate surface area is 189 Å². The van der Waals surface area contributed by atoms with Crippen molar-refractivity contribution in [2.24, 2.45) is 11.3 Å². The van der Waals surface area contributed by atoms with Crippen LogP contribution < -0.4 is 9.64 Å². The second-order valence-corrected chi connectivity index (χ2v) is 10.9. The molecule has 0 radical (unpaired) electrons. The molecule has 1 heterocycles. The van der Waals surface area contributed by atoms with Crippen LogP contribution in [0.25, 0.3) is 0 Å². The highest BCUT2D eigenvalue weighted by molar-refractivity contribution is 8.02. The molecule has 2 aliphatic rings. The maximum Gasteiger partial charge on any atom is 0.238 e. The fourth-order valence-corrected chi connectivity index (χ4v) is 6.25. The minimum Gasteiger partial charge on any atom is -0.457 e. The van der Waals surface area contributed by atoms with Crippen LogP contribution in [0.4, 0.5) is 5.69 Å². The summed E-state index contributed by atoms with van der Waals surface area (Å²) in [4.78, 5) is 14.8. The molecule has 1 saturated carbocycles. The Kier molecular flexibility index (Phi) is 6.09. The number of benzene rings is 2. The molecule has 0 aromatic heterocycles. The summed E-state index contributed by atoms with van der Waals surface area (Å²) in [6.07, 6.45) is 5.72. The summed E-state index contributed by atoms with van der Waals surface area (Å²) in [6.45, 7) is 7.07. The Morgan fingerprint density at radius 1 is 1.07 bits per heavy atom. The van der Waals surface area contributed by atoms with E-state index < -0.39 is 0 Å². The van der Waals surface area contributed by atoms with Crippen LogP contribution in [0.15, 0.2) is 48.5 Å². The minimum atomic E-state index is -0.0873. The van der Waals surface area contributed by atoms with Crippen LogP contribution in [-0.2, 0) is 4.79 Å². The van der Waals surface area contributed by atoms with Crippen molar-refractivity contribution in [2.75, 3.05) is 10.7 Å². The predicted molar refractivity (Wildman–Crippen MR) is 127 cm³/mol. The lowest BCUT2D eigenvalue weighted by molar-refractivity contribution is -0.116. The van der Waals surface area contributed by atoms with Crippen LogP contribution in [0.1, 0.15) is 52.9 Å². The summed E-state index contributed by atoms with van der Waals surface area (Å²) in [7, 11) is 0. The van der Waals surface area contributed by atoms with E-state index in [9.17, 15) is 4.79 Å². The molecule has 0 atom stereocenters. The number of nitrogens with zero attached hydrogens (tertiary/aromatic N) is 1. The van der Waals surface area contributed by atoms with Gasteiger partial charge in [-0.15, -0.1) is 11.8 Å². The fraction of sp³-hybridized carbons (Fsp3) is 0.480. The van der Waals surface area contributed by atoms with Gasteiger partial charge in [-0.2, -0.15) is 0 Å². The van der Waals surface area contributed by atoms with E-state index in [4.69, 9.17) is 16.3 Å². The molecule has 1 aliphatic carbocycles. The molecule has 2 aromatic carbocycles. The van der Waals surface area contributed by atoms with E-state index >= 15 is 0 Å². The summed E-state index contributed by atoms with van der Waals surface area (Å²) in [5.74, 6) is 3.03. The molecule has 3 nitrogen and oxygen atoms in total. The lowest BCUT2D eigenvalue weighted by Crippen LogP contribution is -2.48. The molecule has 1 amide bonds. The lowest BCUT2D eigenvalue weighted by Gasteiger charge is -2.46. The van der Waals surface area contributed by atoms with Gasteiger partial charge in [-0.25, -0.2) is 0 Å². The molecule has 1 spiro atoms. The predicted octanol–water partition coefficient (Wildman–Crippen LogP) is 7.53. The molecule has 0 unspecified atom stereocenters. The molecular formula is C25H30ClNO2S. The van der Waals surface area contributed by atoms with Gasteiger partial charge in [0.1, 0.15) is 11.5 Å². The van der Waals surface area contributed by atoms with E-state index in [1.54, 1.807) is 0 Å². The van der Waals surface area contributed by atoms with Gasteiger partial charge < -0.3 is 4.74 Å². The van der Waals surface area contributed by atoms with Gasteiger partial charge in [0.2, 0.25) is 5.91 Å². The SMILES string of the molecule is CCC(C)(C)C1CCC2(CC1)SCC(=O)N2c1ccc(Oc2ccc(Cl)cc2)cc1. The number of amides is 1. The highest BCUT2D eigenvalue weighted by atomic mass is 35.5. The number of carbonyl (C=O) groups excluding carboxylic acids is 1. The monoisotopic (exact) mass is 443 g/mol. The highest BCUT2D eigenvalue weighted by Gasteiger charge is 2.50. The Morgan fingerprint density at radius 3 is 2.20 bits per heavy atom. The number of thioether (sulfide) groups is 1. The first-order valence-electron chi connectivity index (χ1n) is 10.8. The van der Waals surface area contributed by atoms with E-state index in [2.05, 4.69) is 25.7 Å². The summed E-state index contributed by atoms with van der Waals surface area (Å²) in [5.41, 5.74) is 1.35. The number of carbonyl (C=O) groups is 1. The number of hydrogen-bond acceptors (Lipinski definition) is 3. The zero-order valence-electron chi connectivity index (χ0n) is 18.0. The van der Waals surface area contributed by atoms with Gasteiger partial charge in [-0.1, -0.05) is 38.8 Å². The molecule has 0 N–H and O–H groups in total. The van der Waals surface area contributed by atoms with Crippen LogP contribution in [0.5, 0.6) is 11.5 Å². The number of halogens is 1. The smallest absolute Gasteiger partial charge is 0.238 e. The zero-order chi connectivity index (χ0) is 21.4. The molecule has 4 rings (SSSR count). The van der Waals surface area contributed by atoms with Gasteiger partial charge >= 0.3 is 0 Å². The van der Waals surface area contributed by atoms with Crippen molar-refractivity contribution >= 4 is 35.0 Å². The van der Waals surface area contributed by atoms with Crippen molar-refractivity contribution in [3.63, 3.8) is 0 Å². The first kappa shape index (κ1) is 21.6. The third-order valence-electron chi connectivity index (χ3n) is 7.05. The second-order valence-electron chi connectivity index (χ2n) is 9.13. The first-order chi connectivity index (χ1) is 14.3. The van der Waals surface area contributed by atoms with Gasteiger partial charge in [0.15, 0.2) is 0 Å². The van der Waals surface area contributed by atoms with Crippen molar-refractivity contribution in [3.8, 4) is 11.5 Å². The Hall–Kier alpha value is -1.65. The van der Waals surface area contributed by atoms with Crippen molar-refractivity contribution in [1.82, 2.24) is 0 Å². The van der Waals surface area contributed by atoms with Crippen molar-refractivity contribution in [3.05, 3.63) is 53.6 Å². The van der Waals surface area contributed by atoms with Gasteiger partial charge in [-0.3, -0.25) is 9.69 Å². The standard InChI is InChI=1S/C25H30ClNO2S/c1-4-24(2,3)18-13-15-25(16-14-18)27(23(28)17-30-25)20-7-11-22(12-8-20)29-21-9-5-19(26)6-10-21/h5-12,18H,4,13-17H2,1-3H3. The van der Waals surface area contributed by atoms with Crippen molar-refractivity contribution in [2.45, 2.75) is 57.7 Å². The second kappa shape index (κ2) is 8.47. The van der Waals surface area contributed by atoms with E-state index in [1.165, 1.54) is 19.3 Å². The van der Waals surface area contributed by atoms with Gasteiger partial charge in [-0.05, 0) is 85.5 Å². The summed E-state index contributed by atoms with van der Waals surface area (Å²) in [6, 6.07) is 15.2. The number of anilines is 1. The molecule has 2 aromatic rings. The largest absolute Gasteiger partial charge is 0.457 e. The van der Waals surface area contributed by atoms with Crippen LogP contribution >= 0.6 is 23.4 Å². The maximum atomic E-state index is 12.9. The highest BCUT2D eigenvalue weighted by Crippen LogP contribution is 2.53. The van der Waals surface area contributed by atoms with Crippen LogP contribution in [0, 0.1) is 11.3 Å². The minimum absolute atomic E-state index is 0.0873. The van der Waals surface area contributed by atoms with Crippen molar-refractivity contribution < 1.29 is 9.53 Å². The normalized spacial score (nSPS) is 24.5. The van der Waals surface area contributed by atoms with Gasteiger partial charge in [0.25, 0.3) is 0 Å². The van der Waals surface area contributed by atoms with Crippen LogP contribution in [0.3, 0.4) is 0 Å².